The van der Waals surface area contributed by atoms with Crippen LogP contribution in [0.3, 0.4) is 0 Å². The number of hydrogen-bond acceptors (Lipinski definition) is 2. The summed E-state index contributed by atoms with van der Waals surface area (Å²) in [6, 6.07) is 55.5. The molecule has 0 amide bonds. The average molecular weight is 636 g/mol. The van der Waals surface area contributed by atoms with Crippen LogP contribution in [-0.2, 0) is 0 Å². The Kier molecular flexibility index (Phi) is 6.56. The van der Waals surface area contributed by atoms with E-state index in [0.717, 1.165) is 55.2 Å². The van der Waals surface area contributed by atoms with Crippen LogP contribution in [-0.4, -0.2) is 9.13 Å². The maximum absolute atomic E-state index is 10.3. The first kappa shape index (κ1) is 28.8. The Morgan fingerprint density at radius 2 is 1.02 bits per heavy atom. The van der Waals surface area contributed by atoms with Gasteiger partial charge in [-0.25, -0.2) is 4.85 Å². The van der Waals surface area contributed by atoms with Gasteiger partial charge < -0.3 is 9.13 Å². The van der Waals surface area contributed by atoms with E-state index in [1.54, 1.807) is 12.1 Å². The lowest BCUT2D eigenvalue weighted by atomic mass is 9.94. The van der Waals surface area contributed by atoms with Crippen molar-refractivity contribution in [2.24, 2.45) is 0 Å². The van der Waals surface area contributed by atoms with Crippen LogP contribution in [0.5, 0.6) is 0 Å². The number of fused-ring (bicyclic) bond motifs is 6. The molecule has 0 atom stereocenters. The standard InChI is InChI=1S/C45H25N5/c1-48-45-43(50-41-17-9-5-13-36(41)37-26-29(27-46)18-24-42(37)50)25-23-32(28-47)44(45)31-21-19-30(20-22-31)33-10-2-6-14-38(33)49-39-15-7-3-11-34(39)35-12-4-8-16-40(35)49/h2-26H. The van der Waals surface area contributed by atoms with E-state index in [1.165, 1.54) is 10.8 Å². The molecule has 0 unspecified atom stereocenters. The lowest BCUT2D eigenvalue weighted by Crippen LogP contribution is -1.98. The molecule has 0 saturated heterocycles. The molecule has 0 aliphatic carbocycles. The third-order valence-electron chi connectivity index (χ3n) is 9.64. The van der Waals surface area contributed by atoms with E-state index in [0.29, 0.717) is 28.1 Å². The smallest absolute Gasteiger partial charge is 0.219 e. The van der Waals surface area contributed by atoms with Gasteiger partial charge in [0.15, 0.2) is 0 Å². The van der Waals surface area contributed by atoms with E-state index in [1.807, 2.05) is 54.6 Å². The molecule has 7 aromatic carbocycles. The first-order chi connectivity index (χ1) is 24.7. The van der Waals surface area contributed by atoms with Gasteiger partial charge in [-0.1, -0.05) is 97.1 Å². The zero-order chi connectivity index (χ0) is 33.8. The molecule has 50 heavy (non-hydrogen) atoms. The molecule has 230 valence electrons. The van der Waals surface area contributed by atoms with Crippen molar-refractivity contribution in [1.82, 2.24) is 9.13 Å². The highest BCUT2D eigenvalue weighted by atomic mass is 15.0. The fraction of sp³-hybridized carbons (Fsp3) is 0. The van der Waals surface area contributed by atoms with Crippen LogP contribution in [0.1, 0.15) is 11.1 Å². The molecule has 0 aliphatic rings. The van der Waals surface area contributed by atoms with Gasteiger partial charge in [0.25, 0.3) is 0 Å². The summed E-state index contributed by atoms with van der Waals surface area (Å²) in [6.07, 6.45) is 0. The minimum absolute atomic E-state index is 0.398. The van der Waals surface area contributed by atoms with Gasteiger partial charge >= 0.3 is 0 Å². The van der Waals surface area contributed by atoms with Crippen molar-refractivity contribution in [2.45, 2.75) is 0 Å². The topological polar surface area (TPSA) is 61.8 Å². The van der Waals surface area contributed by atoms with E-state index in [4.69, 9.17) is 6.57 Å². The fourth-order valence-electron chi connectivity index (χ4n) is 7.47. The Balaban J connectivity index is 1.22. The highest BCUT2D eigenvalue weighted by Gasteiger charge is 2.21. The monoisotopic (exact) mass is 635 g/mol. The quantitative estimate of drug-likeness (QED) is 0.181. The second-order valence-electron chi connectivity index (χ2n) is 12.2. The highest BCUT2D eigenvalue weighted by Crippen LogP contribution is 2.43. The molecule has 0 radical (unpaired) electrons. The number of benzene rings is 7. The van der Waals surface area contributed by atoms with Gasteiger partial charge in [0.05, 0.1) is 57.7 Å². The molecule has 0 spiro atoms. The van der Waals surface area contributed by atoms with Gasteiger partial charge in [-0.3, -0.25) is 0 Å². The Labute approximate surface area is 288 Å². The van der Waals surface area contributed by atoms with Crippen molar-refractivity contribution in [3.63, 3.8) is 0 Å². The molecule has 2 heterocycles. The van der Waals surface area contributed by atoms with Crippen LogP contribution in [0.25, 0.3) is 82.1 Å². The normalized spacial score (nSPS) is 11.1. The van der Waals surface area contributed by atoms with Gasteiger partial charge in [0.1, 0.15) is 0 Å². The van der Waals surface area contributed by atoms with Crippen LogP contribution in [0, 0.1) is 29.2 Å². The van der Waals surface area contributed by atoms with Crippen LogP contribution in [0.2, 0.25) is 0 Å². The van der Waals surface area contributed by atoms with Crippen LogP contribution in [0.15, 0.2) is 152 Å². The molecule has 5 heteroatoms. The van der Waals surface area contributed by atoms with Crippen LogP contribution >= 0.6 is 0 Å². The summed E-state index contributed by atoms with van der Waals surface area (Å²) in [6.45, 7) is 8.40. The van der Waals surface area contributed by atoms with Gasteiger partial charge in [0, 0.05) is 38.2 Å². The maximum Gasteiger partial charge on any atom is 0.219 e. The number of aromatic nitrogens is 2. The Bertz CT molecular complexity index is 2900. The number of nitriles is 2. The summed E-state index contributed by atoms with van der Waals surface area (Å²) in [5.41, 5.74) is 10.8. The minimum atomic E-state index is 0.398. The Hall–Kier alpha value is -7.39. The van der Waals surface area contributed by atoms with E-state index >= 15 is 0 Å². The molecule has 9 rings (SSSR count). The predicted molar refractivity (Wildman–Crippen MR) is 202 cm³/mol. The summed E-state index contributed by atoms with van der Waals surface area (Å²) < 4.78 is 4.40. The molecule has 0 N–H and O–H groups in total. The minimum Gasteiger partial charge on any atom is -0.319 e. The van der Waals surface area contributed by atoms with Gasteiger partial charge in [-0.05, 0) is 65.7 Å². The Morgan fingerprint density at radius 1 is 0.480 bits per heavy atom. The molecule has 0 aliphatic heterocycles. The van der Waals surface area contributed by atoms with Gasteiger partial charge in [-0.15, -0.1) is 0 Å². The molecule has 0 fully saturated rings. The zero-order valence-electron chi connectivity index (χ0n) is 26.7. The second kappa shape index (κ2) is 11.4. The summed E-state index contributed by atoms with van der Waals surface area (Å²) in [7, 11) is 0. The third kappa shape index (κ3) is 4.24. The summed E-state index contributed by atoms with van der Waals surface area (Å²) in [4.78, 5) is 4.07. The lowest BCUT2D eigenvalue weighted by Gasteiger charge is -2.16. The lowest BCUT2D eigenvalue weighted by molar-refractivity contribution is 1.18. The summed E-state index contributed by atoms with van der Waals surface area (Å²) in [5.74, 6) is 0. The molecular formula is C45H25N5. The number of hydrogen-bond donors (Lipinski definition) is 0. The molecule has 0 saturated carbocycles. The van der Waals surface area contributed by atoms with Crippen molar-refractivity contribution in [2.75, 3.05) is 0 Å². The maximum atomic E-state index is 10.3. The van der Waals surface area contributed by atoms with Crippen LogP contribution in [0.4, 0.5) is 5.69 Å². The zero-order valence-corrected chi connectivity index (χ0v) is 26.7. The number of nitrogens with zero attached hydrogens (tertiary/aromatic N) is 5. The third-order valence-corrected chi connectivity index (χ3v) is 9.64. The van der Waals surface area contributed by atoms with Gasteiger partial charge in [0.2, 0.25) is 5.69 Å². The SMILES string of the molecule is [C-]#[N+]c1c(-n2c3ccccc3c3cc(C#N)ccc32)ccc(C#N)c1-c1ccc(-c2ccccc2-n2c3ccccc3c3ccccc32)cc1. The van der Waals surface area contributed by atoms with Crippen molar-refractivity contribution in [3.8, 4) is 45.8 Å². The Morgan fingerprint density at radius 3 is 1.64 bits per heavy atom. The fourth-order valence-corrected chi connectivity index (χ4v) is 7.47. The first-order valence-corrected chi connectivity index (χ1v) is 16.3. The van der Waals surface area contributed by atoms with Crippen molar-refractivity contribution >= 4 is 49.3 Å². The van der Waals surface area contributed by atoms with Crippen molar-refractivity contribution in [3.05, 3.63) is 174 Å². The second-order valence-corrected chi connectivity index (χ2v) is 12.2. The molecule has 5 nitrogen and oxygen atoms in total. The molecule has 9 aromatic rings. The summed E-state index contributed by atoms with van der Waals surface area (Å²) >= 11 is 0. The van der Waals surface area contributed by atoms with Crippen molar-refractivity contribution < 1.29 is 0 Å². The van der Waals surface area contributed by atoms with Crippen molar-refractivity contribution in [1.29, 1.82) is 10.5 Å². The van der Waals surface area contributed by atoms with E-state index < -0.39 is 0 Å². The van der Waals surface area contributed by atoms with Gasteiger partial charge in [-0.2, -0.15) is 10.5 Å². The highest BCUT2D eigenvalue weighted by molar-refractivity contribution is 6.11. The van der Waals surface area contributed by atoms with E-state index in [-0.39, 0.29) is 0 Å². The first-order valence-electron chi connectivity index (χ1n) is 16.3. The predicted octanol–water partition coefficient (Wildman–Crippen LogP) is 11.5. The number of rotatable bonds is 4. The molecule has 2 aromatic heterocycles. The van der Waals surface area contributed by atoms with E-state index in [9.17, 15) is 10.5 Å². The van der Waals surface area contributed by atoms with Crippen LogP contribution < -0.4 is 0 Å². The largest absolute Gasteiger partial charge is 0.319 e. The summed E-state index contributed by atoms with van der Waals surface area (Å²) in [5, 5.41) is 24.2. The average Bonchev–Trinajstić information content (AvgIpc) is 3.70. The van der Waals surface area contributed by atoms with E-state index in [2.05, 4.69) is 111 Å². The molecular weight excluding hydrogens is 611 g/mol. The molecule has 0 bridgehead atoms. The number of para-hydroxylation sites is 4.